The van der Waals surface area contributed by atoms with Gasteiger partial charge in [-0.1, -0.05) is 0 Å². The van der Waals surface area contributed by atoms with E-state index >= 15 is 0 Å². The van der Waals surface area contributed by atoms with Crippen LogP contribution in [0.4, 0.5) is 5.82 Å². The van der Waals surface area contributed by atoms with Crippen LogP contribution in [0.1, 0.15) is 6.92 Å². The second kappa shape index (κ2) is 3.96. The molecule has 0 fully saturated rings. The molecule has 2 N–H and O–H groups in total. The van der Waals surface area contributed by atoms with Crippen LogP contribution in [0.5, 0.6) is 0 Å². The molecule has 0 saturated heterocycles. The predicted molar refractivity (Wildman–Crippen MR) is 46.7 cm³/mol. The lowest BCUT2D eigenvalue weighted by atomic mass is 10.3. The molecular formula is C7H13N5. The fraction of sp³-hybridized carbons (Fsp3) is 0.571. The zero-order chi connectivity index (χ0) is 8.97. The summed E-state index contributed by atoms with van der Waals surface area (Å²) in [5.41, 5.74) is 5.50. The van der Waals surface area contributed by atoms with Crippen LogP contribution < -0.4 is 10.6 Å². The Kier molecular flexibility index (Phi) is 2.93. The first kappa shape index (κ1) is 8.86. The molecule has 0 spiro atoms. The molecule has 5 heteroatoms. The van der Waals surface area contributed by atoms with Gasteiger partial charge < -0.3 is 10.6 Å². The van der Waals surface area contributed by atoms with Gasteiger partial charge in [-0.05, 0) is 6.92 Å². The molecule has 0 amide bonds. The smallest absolute Gasteiger partial charge is 0.169 e. The lowest BCUT2D eigenvalue weighted by Gasteiger charge is -2.23. The van der Waals surface area contributed by atoms with Crippen molar-refractivity contribution in [1.82, 2.24) is 15.2 Å². The number of likely N-dealkylation sites (N-methyl/N-ethyl adjacent to an activating group) is 1. The van der Waals surface area contributed by atoms with Gasteiger partial charge in [-0.25, -0.2) is 4.98 Å². The molecule has 12 heavy (non-hydrogen) atoms. The Bertz CT molecular complexity index is 224. The van der Waals surface area contributed by atoms with Crippen molar-refractivity contribution in [3.8, 4) is 0 Å². The van der Waals surface area contributed by atoms with Gasteiger partial charge in [0.2, 0.25) is 0 Å². The van der Waals surface area contributed by atoms with Gasteiger partial charge in [0.1, 0.15) is 6.33 Å². The minimum absolute atomic E-state index is 0.253. The summed E-state index contributed by atoms with van der Waals surface area (Å²) in [6.07, 6.45) is 3.07. The number of nitrogens with zero attached hydrogens (tertiary/aromatic N) is 4. The Morgan fingerprint density at radius 1 is 1.67 bits per heavy atom. The highest BCUT2D eigenvalue weighted by Gasteiger charge is 2.08. The van der Waals surface area contributed by atoms with Crippen molar-refractivity contribution in [2.45, 2.75) is 13.0 Å². The minimum Gasteiger partial charge on any atom is -0.353 e. The second-order valence-corrected chi connectivity index (χ2v) is 2.66. The van der Waals surface area contributed by atoms with Gasteiger partial charge >= 0.3 is 0 Å². The Hall–Kier alpha value is -1.23. The minimum atomic E-state index is 0.253. The third-order valence-electron chi connectivity index (χ3n) is 1.83. The quantitative estimate of drug-likeness (QED) is 0.666. The number of hydrogen-bond acceptors (Lipinski definition) is 5. The van der Waals surface area contributed by atoms with E-state index in [-0.39, 0.29) is 6.04 Å². The topological polar surface area (TPSA) is 67.9 Å². The van der Waals surface area contributed by atoms with Crippen molar-refractivity contribution >= 4 is 5.82 Å². The second-order valence-electron chi connectivity index (χ2n) is 2.66. The molecule has 1 atom stereocenters. The molecule has 1 heterocycles. The van der Waals surface area contributed by atoms with Gasteiger partial charge in [0.15, 0.2) is 5.82 Å². The molecule has 0 radical (unpaired) electrons. The Morgan fingerprint density at radius 2 is 2.42 bits per heavy atom. The average Bonchev–Trinajstić information content (AvgIpc) is 2.17. The molecule has 1 unspecified atom stereocenters. The molecule has 0 saturated carbocycles. The monoisotopic (exact) mass is 167 g/mol. The molecule has 0 aliphatic carbocycles. The Morgan fingerprint density at radius 3 is 2.92 bits per heavy atom. The maximum Gasteiger partial charge on any atom is 0.169 e. The van der Waals surface area contributed by atoms with Crippen molar-refractivity contribution in [3.05, 3.63) is 12.5 Å². The number of hydrogen-bond donors (Lipinski definition) is 1. The third-order valence-corrected chi connectivity index (χ3v) is 1.83. The maximum absolute atomic E-state index is 5.50. The van der Waals surface area contributed by atoms with Crippen LogP contribution in [0, 0.1) is 0 Å². The highest BCUT2D eigenvalue weighted by molar-refractivity contribution is 5.33. The van der Waals surface area contributed by atoms with E-state index in [1.807, 2.05) is 18.9 Å². The van der Waals surface area contributed by atoms with Crippen LogP contribution in [-0.2, 0) is 0 Å². The third kappa shape index (κ3) is 1.88. The first-order valence-electron chi connectivity index (χ1n) is 3.81. The highest BCUT2D eigenvalue weighted by Crippen LogP contribution is 2.06. The van der Waals surface area contributed by atoms with E-state index in [9.17, 15) is 0 Å². The highest BCUT2D eigenvalue weighted by atomic mass is 15.3. The summed E-state index contributed by atoms with van der Waals surface area (Å²) in [6.45, 7) is 2.61. The number of anilines is 1. The predicted octanol–water partition coefficient (Wildman–Crippen LogP) is -0.345. The summed E-state index contributed by atoms with van der Waals surface area (Å²) in [5, 5.41) is 7.58. The van der Waals surface area contributed by atoms with Crippen molar-refractivity contribution in [2.75, 3.05) is 18.5 Å². The molecule has 1 aromatic rings. The van der Waals surface area contributed by atoms with E-state index in [0.29, 0.717) is 6.54 Å². The van der Waals surface area contributed by atoms with Gasteiger partial charge in [-0.2, -0.15) is 0 Å². The fourth-order valence-corrected chi connectivity index (χ4v) is 0.786. The number of nitrogens with two attached hydrogens (primary N) is 1. The summed E-state index contributed by atoms with van der Waals surface area (Å²) in [5.74, 6) is 0.746. The van der Waals surface area contributed by atoms with Crippen LogP contribution in [0.15, 0.2) is 12.5 Å². The Labute approximate surface area is 71.6 Å². The van der Waals surface area contributed by atoms with E-state index in [4.69, 9.17) is 5.73 Å². The lowest BCUT2D eigenvalue weighted by molar-refractivity contribution is 0.679. The van der Waals surface area contributed by atoms with Crippen LogP contribution in [-0.4, -0.2) is 34.8 Å². The van der Waals surface area contributed by atoms with Gasteiger partial charge in [-0.3, -0.25) is 0 Å². The SMILES string of the molecule is CC(CN)N(C)c1cncnn1. The lowest BCUT2D eigenvalue weighted by Crippen LogP contribution is -2.35. The summed E-state index contributed by atoms with van der Waals surface area (Å²) in [7, 11) is 1.92. The van der Waals surface area contributed by atoms with Crippen LogP contribution >= 0.6 is 0 Å². The fourth-order valence-electron chi connectivity index (χ4n) is 0.786. The molecule has 0 aliphatic heterocycles. The first-order valence-corrected chi connectivity index (χ1v) is 3.81. The summed E-state index contributed by atoms with van der Waals surface area (Å²) < 4.78 is 0. The van der Waals surface area contributed by atoms with Gasteiger partial charge in [0.05, 0.1) is 6.20 Å². The van der Waals surface area contributed by atoms with Crippen LogP contribution in [0.25, 0.3) is 0 Å². The molecule has 1 aromatic heterocycles. The van der Waals surface area contributed by atoms with Gasteiger partial charge in [0.25, 0.3) is 0 Å². The number of aromatic nitrogens is 3. The van der Waals surface area contributed by atoms with E-state index < -0.39 is 0 Å². The largest absolute Gasteiger partial charge is 0.353 e. The molecule has 0 bridgehead atoms. The van der Waals surface area contributed by atoms with Crippen molar-refractivity contribution in [3.63, 3.8) is 0 Å². The zero-order valence-electron chi connectivity index (χ0n) is 7.31. The molecule has 0 aliphatic rings. The molecule has 1 rings (SSSR count). The molecule has 0 aromatic carbocycles. The van der Waals surface area contributed by atoms with Crippen molar-refractivity contribution in [1.29, 1.82) is 0 Å². The average molecular weight is 167 g/mol. The molecular weight excluding hydrogens is 154 g/mol. The summed E-state index contributed by atoms with van der Waals surface area (Å²) >= 11 is 0. The molecule has 66 valence electrons. The first-order chi connectivity index (χ1) is 5.75. The van der Waals surface area contributed by atoms with Crippen molar-refractivity contribution in [2.24, 2.45) is 5.73 Å². The zero-order valence-corrected chi connectivity index (χ0v) is 7.31. The summed E-state index contributed by atoms with van der Waals surface area (Å²) in [6, 6.07) is 0.253. The van der Waals surface area contributed by atoms with E-state index in [2.05, 4.69) is 15.2 Å². The van der Waals surface area contributed by atoms with E-state index in [1.54, 1.807) is 6.20 Å². The van der Waals surface area contributed by atoms with Crippen molar-refractivity contribution < 1.29 is 0 Å². The maximum atomic E-state index is 5.50. The van der Waals surface area contributed by atoms with Gasteiger partial charge in [-0.15, -0.1) is 10.2 Å². The summed E-state index contributed by atoms with van der Waals surface area (Å²) in [4.78, 5) is 5.81. The standard InChI is InChI=1S/C7H13N5/c1-6(3-8)12(2)7-4-9-5-10-11-7/h4-6H,3,8H2,1-2H3. The van der Waals surface area contributed by atoms with E-state index in [0.717, 1.165) is 5.82 Å². The molecule has 5 nitrogen and oxygen atoms in total. The normalized spacial score (nSPS) is 12.6. The van der Waals surface area contributed by atoms with Crippen LogP contribution in [0.2, 0.25) is 0 Å². The van der Waals surface area contributed by atoms with E-state index in [1.165, 1.54) is 6.33 Å². The Balaban J connectivity index is 2.71. The van der Waals surface area contributed by atoms with Crippen LogP contribution in [0.3, 0.4) is 0 Å². The number of rotatable bonds is 3. The van der Waals surface area contributed by atoms with Gasteiger partial charge in [0, 0.05) is 19.6 Å².